The van der Waals surface area contributed by atoms with Crippen LogP contribution in [0.2, 0.25) is 0 Å². The van der Waals surface area contributed by atoms with Gasteiger partial charge in [0.1, 0.15) is 16.4 Å². The predicted molar refractivity (Wildman–Crippen MR) is 83.3 cm³/mol. The summed E-state index contributed by atoms with van der Waals surface area (Å²) in [4.78, 5) is 11.9. The van der Waals surface area contributed by atoms with Crippen LogP contribution in [0.15, 0.2) is 35.4 Å². The molecular weight excluding hydrogens is 321 g/mol. The first-order chi connectivity index (χ1) is 10.9. The van der Waals surface area contributed by atoms with Crippen molar-refractivity contribution in [3.63, 3.8) is 0 Å². The molecule has 3 rings (SSSR count). The fourth-order valence-electron chi connectivity index (χ4n) is 2.47. The third-order valence-corrected chi connectivity index (χ3v) is 5.03. The third kappa shape index (κ3) is 3.07. The average Bonchev–Trinajstić information content (AvgIpc) is 2.85. The summed E-state index contributed by atoms with van der Waals surface area (Å²) < 4.78 is 42.2. The number of nitrogens with zero attached hydrogens (tertiary/aromatic N) is 1. The Balaban J connectivity index is 1.92. The molecule has 1 aromatic carbocycles. The van der Waals surface area contributed by atoms with E-state index in [1.54, 1.807) is 11.5 Å². The Morgan fingerprint density at radius 2 is 2.09 bits per heavy atom. The number of hydrogen-bond donors (Lipinski definition) is 2. The molecule has 2 aromatic rings. The minimum Gasteiger partial charge on any atom is -0.351 e. The Morgan fingerprint density at radius 1 is 1.30 bits per heavy atom. The van der Waals surface area contributed by atoms with Crippen LogP contribution in [0, 0.1) is 12.7 Å². The van der Waals surface area contributed by atoms with E-state index < -0.39 is 15.8 Å². The summed E-state index contributed by atoms with van der Waals surface area (Å²) in [5.41, 5.74) is 0.935. The Hall–Kier alpha value is -2.35. The molecule has 1 aliphatic heterocycles. The molecule has 0 radical (unpaired) electrons. The van der Waals surface area contributed by atoms with Gasteiger partial charge in [0.25, 0.3) is 15.9 Å². The van der Waals surface area contributed by atoms with E-state index in [1.165, 1.54) is 30.5 Å². The van der Waals surface area contributed by atoms with Gasteiger partial charge in [0.15, 0.2) is 0 Å². The van der Waals surface area contributed by atoms with Crippen LogP contribution in [0.3, 0.4) is 0 Å². The van der Waals surface area contributed by atoms with Gasteiger partial charge in [0.05, 0.1) is 0 Å². The van der Waals surface area contributed by atoms with Gasteiger partial charge in [0.2, 0.25) is 0 Å². The number of halogens is 1. The number of hydrogen-bond acceptors (Lipinski definition) is 3. The molecule has 0 bridgehead atoms. The lowest BCUT2D eigenvalue weighted by atomic mass is 10.2. The van der Waals surface area contributed by atoms with Gasteiger partial charge in [-0.3, -0.25) is 9.52 Å². The number of carbonyl (C=O) groups is 1. The number of aromatic nitrogens is 1. The molecule has 23 heavy (non-hydrogen) atoms. The summed E-state index contributed by atoms with van der Waals surface area (Å²) in [6.07, 6.45) is 2.18. The highest BCUT2D eigenvalue weighted by atomic mass is 32.2. The van der Waals surface area contributed by atoms with Gasteiger partial charge in [-0.2, -0.15) is 0 Å². The molecule has 0 fully saturated rings. The molecule has 0 unspecified atom stereocenters. The van der Waals surface area contributed by atoms with Crippen molar-refractivity contribution in [2.75, 3.05) is 11.3 Å². The quantitative estimate of drug-likeness (QED) is 0.897. The van der Waals surface area contributed by atoms with Crippen molar-refractivity contribution in [2.45, 2.75) is 24.8 Å². The number of sulfonamides is 1. The van der Waals surface area contributed by atoms with Crippen LogP contribution in [-0.2, 0) is 16.6 Å². The highest BCUT2D eigenvalue weighted by molar-refractivity contribution is 7.92. The number of amides is 1. The third-order valence-electron chi connectivity index (χ3n) is 3.69. The monoisotopic (exact) mass is 337 g/mol. The molecule has 0 atom stereocenters. The van der Waals surface area contributed by atoms with E-state index in [0.717, 1.165) is 6.42 Å². The highest BCUT2D eigenvalue weighted by Gasteiger charge is 2.23. The number of carbonyl (C=O) groups excluding carboxylic acids is 1. The zero-order chi connectivity index (χ0) is 16.6. The maximum Gasteiger partial charge on any atom is 0.267 e. The Labute approximate surface area is 133 Å². The Kier molecular flexibility index (Phi) is 3.85. The normalized spacial score (nSPS) is 14.8. The summed E-state index contributed by atoms with van der Waals surface area (Å²) in [6, 6.07) is 5.32. The first-order valence-corrected chi connectivity index (χ1v) is 8.62. The fourth-order valence-corrected chi connectivity index (χ4v) is 3.56. The molecular formula is C15H16FN3O3S. The lowest BCUT2D eigenvalue weighted by Crippen LogP contribution is -2.22. The van der Waals surface area contributed by atoms with Crippen molar-refractivity contribution < 1.29 is 17.6 Å². The van der Waals surface area contributed by atoms with Crippen LogP contribution in [0.5, 0.6) is 0 Å². The largest absolute Gasteiger partial charge is 0.351 e. The van der Waals surface area contributed by atoms with Crippen LogP contribution in [0.4, 0.5) is 10.1 Å². The molecule has 2 N–H and O–H groups in total. The highest BCUT2D eigenvalue weighted by Crippen LogP contribution is 2.21. The second-order valence-electron chi connectivity index (χ2n) is 5.43. The van der Waals surface area contributed by atoms with E-state index in [-0.39, 0.29) is 16.5 Å². The number of fused-ring (bicyclic) bond motifs is 1. The topological polar surface area (TPSA) is 80.2 Å². The van der Waals surface area contributed by atoms with Crippen molar-refractivity contribution in [1.82, 2.24) is 9.88 Å². The van der Waals surface area contributed by atoms with Crippen LogP contribution >= 0.6 is 0 Å². The van der Waals surface area contributed by atoms with Gasteiger partial charge in [0, 0.05) is 25.0 Å². The zero-order valence-electron chi connectivity index (χ0n) is 12.5. The average molecular weight is 337 g/mol. The molecule has 6 nitrogen and oxygen atoms in total. The molecule has 0 saturated carbocycles. The molecule has 1 aliphatic rings. The smallest absolute Gasteiger partial charge is 0.267 e. The van der Waals surface area contributed by atoms with Crippen molar-refractivity contribution in [2.24, 2.45) is 0 Å². The molecule has 1 aromatic heterocycles. The first-order valence-electron chi connectivity index (χ1n) is 7.14. The number of nitrogens with one attached hydrogen (secondary N) is 2. The van der Waals surface area contributed by atoms with E-state index >= 15 is 0 Å². The van der Waals surface area contributed by atoms with Crippen LogP contribution in [-0.4, -0.2) is 25.4 Å². The van der Waals surface area contributed by atoms with E-state index in [4.69, 9.17) is 0 Å². The summed E-state index contributed by atoms with van der Waals surface area (Å²) >= 11 is 0. The fraction of sp³-hybridized carbons (Fsp3) is 0.267. The second kappa shape index (κ2) is 5.69. The predicted octanol–water partition coefficient (Wildman–Crippen LogP) is 1.87. The van der Waals surface area contributed by atoms with E-state index in [1.807, 2.05) is 0 Å². The van der Waals surface area contributed by atoms with Crippen LogP contribution < -0.4 is 10.0 Å². The van der Waals surface area contributed by atoms with Crippen molar-refractivity contribution in [3.05, 3.63) is 47.5 Å². The first kappa shape index (κ1) is 15.5. The number of benzene rings is 1. The zero-order valence-corrected chi connectivity index (χ0v) is 13.3. The second-order valence-corrected chi connectivity index (χ2v) is 7.12. The molecule has 8 heteroatoms. The van der Waals surface area contributed by atoms with E-state index in [0.29, 0.717) is 24.3 Å². The molecule has 0 spiro atoms. The van der Waals surface area contributed by atoms with E-state index in [9.17, 15) is 17.6 Å². The van der Waals surface area contributed by atoms with Crippen molar-refractivity contribution in [3.8, 4) is 0 Å². The maximum absolute atomic E-state index is 13.3. The van der Waals surface area contributed by atoms with Crippen molar-refractivity contribution >= 4 is 21.6 Å². The number of aryl methyl sites for hydroxylation is 2. The van der Waals surface area contributed by atoms with Gasteiger partial charge in [-0.05, 0) is 43.2 Å². The Morgan fingerprint density at radius 3 is 2.83 bits per heavy atom. The van der Waals surface area contributed by atoms with Gasteiger partial charge in [-0.15, -0.1) is 0 Å². The molecule has 1 amide bonds. The molecule has 122 valence electrons. The summed E-state index contributed by atoms with van der Waals surface area (Å²) in [7, 11) is -3.85. The van der Waals surface area contributed by atoms with Crippen molar-refractivity contribution in [1.29, 1.82) is 0 Å². The SMILES string of the molecule is Cc1cc(NS(=O)(=O)c2cc3n(c2)CCCNC3=O)ccc1F. The lowest BCUT2D eigenvalue weighted by Gasteiger charge is -2.07. The molecule has 0 aliphatic carbocycles. The minimum absolute atomic E-state index is 0.00604. The number of rotatable bonds is 3. The summed E-state index contributed by atoms with van der Waals surface area (Å²) in [5, 5.41) is 2.71. The molecule has 0 saturated heterocycles. The number of anilines is 1. The maximum atomic E-state index is 13.3. The lowest BCUT2D eigenvalue weighted by molar-refractivity contribution is 0.0951. The van der Waals surface area contributed by atoms with E-state index in [2.05, 4.69) is 10.0 Å². The minimum atomic E-state index is -3.85. The Bertz CT molecular complexity index is 874. The van der Waals surface area contributed by atoms with Crippen LogP contribution in [0.1, 0.15) is 22.5 Å². The standard InChI is InChI=1S/C15H16FN3O3S/c1-10-7-11(3-4-13(10)16)18-23(21,22)12-8-14-15(20)17-5-2-6-19(14)9-12/h3-4,7-9,18H,2,5-6H2,1H3,(H,17,20). The molecule has 2 heterocycles. The summed E-state index contributed by atoms with van der Waals surface area (Å²) in [6.45, 7) is 2.69. The van der Waals surface area contributed by atoms with Gasteiger partial charge < -0.3 is 9.88 Å². The summed E-state index contributed by atoms with van der Waals surface area (Å²) in [5.74, 6) is -0.693. The van der Waals surface area contributed by atoms with Gasteiger partial charge in [-0.25, -0.2) is 12.8 Å². The van der Waals surface area contributed by atoms with Gasteiger partial charge >= 0.3 is 0 Å². The van der Waals surface area contributed by atoms with Crippen LogP contribution in [0.25, 0.3) is 0 Å². The van der Waals surface area contributed by atoms with Gasteiger partial charge in [-0.1, -0.05) is 0 Å².